The lowest BCUT2D eigenvalue weighted by molar-refractivity contribution is -0.111. The summed E-state index contributed by atoms with van der Waals surface area (Å²) in [5.41, 5.74) is 4.52. The SMILES string of the molecule is Cc1cc(/C=C/C(=O)Nc2nc3ccccc3s2)c(C)n1C1CC1. The summed E-state index contributed by atoms with van der Waals surface area (Å²) in [5.74, 6) is -0.148. The lowest BCUT2D eigenvalue weighted by Crippen LogP contribution is -2.07. The molecule has 1 N–H and O–H groups in total. The Morgan fingerprint density at radius 1 is 1.33 bits per heavy atom. The van der Waals surface area contributed by atoms with Crippen molar-refractivity contribution in [3.63, 3.8) is 0 Å². The van der Waals surface area contributed by atoms with Gasteiger partial charge in [-0.1, -0.05) is 23.5 Å². The molecule has 4 rings (SSSR count). The van der Waals surface area contributed by atoms with Gasteiger partial charge in [0.05, 0.1) is 10.2 Å². The number of carbonyl (C=O) groups is 1. The number of hydrogen-bond acceptors (Lipinski definition) is 3. The minimum absolute atomic E-state index is 0.148. The highest BCUT2D eigenvalue weighted by molar-refractivity contribution is 7.22. The van der Waals surface area contributed by atoms with E-state index in [9.17, 15) is 4.79 Å². The van der Waals surface area contributed by atoms with Crippen molar-refractivity contribution < 1.29 is 4.79 Å². The van der Waals surface area contributed by atoms with E-state index in [-0.39, 0.29) is 5.91 Å². The van der Waals surface area contributed by atoms with Crippen molar-refractivity contribution in [2.24, 2.45) is 0 Å². The Bertz CT molecular complexity index is 914. The molecular formula is C19H19N3OS. The zero-order valence-electron chi connectivity index (χ0n) is 13.7. The quantitative estimate of drug-likeness (QED) is 0.701. The number of anilines is 1. The fourth-order valence-corrected chi connectivity index (χ4v) is 3.97. The molecule has 5 heteroatoms. The minimum Gasteiger partial charge on any atom is -0.346 e. The minimum atomic E-state index is -0.148. The summed E-state index contributed by atoms with van der Waals surface area (Å²) in [6, 6.07) is 10.7. The van der Waals surface area contributed by atoms with Crippen molar-refractivity contribution in [3.05, 3.63) is 53.4 Å². The van der Waals surface area contributed by atoms with E-state index in [0.717, 1.165) is 15.8 Å². The predicted molar refractivity (Wildman–Crippen MR) is 99.5 cm³/mol. The first-order chi connectivity index (χ1) is 11.6. The van der Waals surface area contributed by atoms with Crippen LogP contribution in [0, 0.1) is 13.8 Å². The molecule has 0 atom stereocenters. The summed E-state index contributed by atoms with van der Waals surface area (Å²) in [7, 11) is 0. The zero-order chi connectivity index (χ0) is 16.7. The van der Waals surface area contributed by atoms with E-state index in [2.05, 4.69) is 34.8 Å². The van der Waals surface area contributed by atoms with Gasteiger partial charge in [-0.25, -0.2) is 4.98 Å². The third-order valence-corrected chi connectivity index (χ3v) is 5.33. The van der Waals surface area contributed by atoms with Crippen molar-refractivity contribution in [1.82, 2.24) is 9.55 Å². The molecule has 4 nitrogen and oxygen atoms in total. The van der Waals surface area contributed by atoms with Gasteiger partial charge in [-0.3, -0.25) is 10.1 Å². The number of amides is 1. The normalized spacial score (nSPS) is 14.6. The van der Waals surface area contributed by atoms with Gasteiger partial charge in [0, 0.05) is 23.5 Å². The number of benzene rings is 1. The van der Waals surface area contributed by atoms with Crippen molar-refractivity contribution >= 4 is 38.7 Å². The Hall–Kier alpha value is -2.40. The smallest absolute Gasteiger partial charge is 0.250 e. The Labute approximate surface area is 144 Å². The molecule has 1 saturated carbocycles. The molecule has 0 bridgehead atoms. The molecular weight excluding hydrogens is 318 g/mol. The number of carbonyl (C=O) groups excluding carboxylic acids is 1. The average molecular weight is 337 g/mol. The molecule has 24 heavy (non-hydrogen) atoms. The van der Waals surface area contributed by atoms with Gasteiger partial charge in [-0.15, -0.1) is 0 Å². The first kappa shape index (κ1) is 15.1. The first-order valence-electron chi connectivity index (χ1n) is 8.15. The van der Waals surface area contributed by atoms with Gasteiger partial charge in [0.15, 0.2) is 5.13 Å². The van der Waals surface area contributed by atoms with E-state index in [1.165, 1.54) is 35.6 Å². The van der Waals surface area contributed by atoms with Gasteiger partial charge >= 0.3 is 0 Å². The van der Waals surface area contributed by atoms with Gasteiger partial charge in [0.1, 0.15) is 0 Å². The number of hydrogen-bond donors (Lipinski definition) is 1. The second-order valence-electron chi connectivity index (χ2n) is 6.24. The summed E-state index contributed by atoms with van der Waals surface area (Å²) in [4.78, 5) is 16.6. The molecule has 3 aromatic rings. The van der Waals surface area contributed by atoms with Crippen LogP contribution in [0.25, 0.3) is 16.3 Å². The Balaban J connectivity index is 1.49. The van der Waals surface area contributed by atoms with Crippen LogP contribution in [0.3, 0.4) is 0 Å². The molecule has 2 heterocycles. The molecule has 1 aliphatic carbocycles. The molecule has 1 aromatic carbocycles. The fourth-order valence-electron chi connectivity index (χ4n) is 3.10. The van der Waals surface area contributed by atoms with Crippen molar-refractivity contribution in [1.29, 1.82) is 0 Å². The summed E-state index contributed by atoms with van der Waals surface area (Å²) in [5, 5.41) is 3.49. The van der Waals surface area contributed by atoms with Crippen LogP contribution in [0.1, 0.15) is 35.8 Å². The summed E-state index contributed by atoms with van der Waals surface area (Å²) < 4.78 is 3.45. The second kappa shape index (κ2) is 5.91. The lowest BCUT2D eigenvalue weighted by atomic mass is 10.2. The Kier molecular flexibility index (Phi) is 3.73. The molecule has 0 unspecified atom stereocenters. The van der Waals surface area contributed by atoms with Crippen LogP contribution in [0.5, 0.6) is 0 Å². The van der Waals surface area contributed by atoms with Gasteiger partial charge in [0.2, 0.25) is 5.91 Å². The number of para-hydroxylation sites is 1. The predicted octanol–water partition coefficient (Wildman–Crippen LogP) is 4.70. The van der Waals surface area contributed by atoms with Gasteiger partial charge in [0.25, 0.3) is 0 Å². The Morgan fingerprint density at radius 2 is 2.12 bits per heavy atom. The zero-order valence-corrected chi connectivity index (χ0v) is 14.6. The van der Waals surface area contributed by atoms with Crippen molar-refractivity contribution in [3.8, 4) is 0 Å². The maximum absolute atomic E-state index is 12.2. The maximum Gasteiger partial charge on any atom is 0.250 e. The highest BCUT2D eigenvalue weighted by Crippen LogP contribution is 2.38. The third kappa shape index (κ3) is 2.87. The van der Waals surface area contributed by atoms with Gasteiger partial charge < -0.3 is 4.57 Å². The van der Waals surface area contributed by atoms with E-state index in [0.29, 0.717) is 11.2 Å². The van der Waals surface area contributed by atoms with Gasteiger partial charge in [-0.2, -0.15) is 0 Å². The lowest BCUT2D eigenvalue weighted by Gasteiger charge is -2.06. The highest BCUT2D eigenvalue weighted by Gasteiger charge is 2.26. The second-order valence-corrected chi connectivity index (χ2v) is 7.27. The summed E-state index contributed by atoms with van der Waals surface area (Å²) in [6.07, 6.45) is 6.00. The van der Waals surface area contributed by atoms with Crippen molar-refractivity contribution in [2.75, 3.05) is 5.32 Å². The third-order valence-electron chi connectivity index (χ3n) is 4.37. The van der Waals surface area contributed by atoms with E-state index in [1.807, 2.05) is 30.3 Å². The number of thiazole rings is 1. The molecule has 2 aromatic heterocycles. The van der Waals surface area contributed by atoms with Crippen LogP contribution in [0.4, 0.5) is 5.13 Å². The molecule has 1 fully saturated rings. The molecule has 0 spiro atoms. The largest absolute Gasteiger partial charge is 0.346 e. The Morgan fingerprint density at radius 3 is 2.88 bits per heavy atom. The van der Waals surface area contributed by atoms with E-state index < -0.39 is 0 Å². The van der Waals surface area contributed by atoms with Crippen LogP contribution in [0.2, 0.25) is 0 Å². The van der Waals surface area contributed by atoms with E-state index >= 15 is 0 Å². The average Bonchev–Trinajstić information content (AvgIpc) is 3.23. The van der Waals surface area contributed by atoms with Crippen LogP contribution < -0.4 is 5.32 Å². The summed E-state index contributed by atoms with van der Waals surface area (Å²) >= 11 is 1.49. The first-order valence-corrected chi connectivity index (χ1v) is 8.96. The molecule has 0 aliphatic heterocycles. The van der Waals surface area contributed by atoms with Gasteiger partial charge in [-0.05, 0) is 56.5 Å². The summed E-state index contributed by atoms with van der Waals surface area (Å²) in [6.45, 7) is 4.25. The van der Waals surface area contributed by atoms with Crippen LogP contribution in [0.15, 0.2) is 36.4 Å². The number of nitrogens with zero attached hydrogens (tertiary/aromatic N) is 2. The molecule has 122 valence electrons. The fraction of sp³-hybridized carbons (Fsp3) is 0.263. The number of aromatic nitrogens is 2. The number of fused-ring (bicyclic) bond motifs is 1. The number of rotatable bonds is 4. The topological polar surface area (TPSA) is 46.9 Å². The monoisotopic (exact) mass is 337 g/mol. The molecule has 1 amide bonds. The number of aryl methyl sites for hydroxylation is 1. The molecule has 0 radical (unpaired) electrons. The van der Waals surface area contributed by atoms with E-state index in [4.69, 9.17) is 0 Å². The van der Waals surface area contributed by atoms with Crippen LogP contribution >= 0.6 is 11.3 Å². The maximum atomic E-state index is 12.2. The van der Waals surface area contributed by atoms with Crippen LogP contribution in [-0.4, -0.2) is 15.5 Å². The van der Waals surface area contributed by atoms with E-state index in [1.54, 1.807) is 6.08 Å². The molecule has 0 saturated heterocycles. The standard InChI is InChI=1S/C19H19N3OS/c1-12-11-14(13(2)22(12)15-8-9-15)7-10-18(23)21-19-20-16-5-3-4-6-17(16)24-19/h3-7,10-11,15H,8-9H2,1-2H3,(H,20,21,23)/b10-7+. The molecule has 1 aliphatic rings. The van der Waals surface area contributed by atoms with Crippen LogP contribution in [-0.2, 0) is 4.79 Å². The van der Waals surface area contributed by atoms with Crippen molar-refractivity contribution in [2.45, 2.75) is 32.7 Å². The highest BCUT2D eigenvalue weighted by atomic mass is 32.1. The number of nitrogens with one attached hydrogen (secondary N) is 1.